The molecule has 0 aliphatic rings. The number of amides is 1. The van der Waals surface area contributed by atoms with Gasteiger partial charge in [-0.3, -0.25) is 4.79 Å². The molecular weight excluding hydrogens is 412 g/mol. The Kier molecular flexibility index (Phi) is 5.41. The summed E-state index contributed by atoms with van der Waals surface area (Å²) in [6, 6.07) is 7.19. The van der Waals surface area contributed by atoms with Crippen molar-refractivity contribution in [3.8, 4) is 11.6 Å². The maximum absolute atomic E-state index is 11.4. The normalized spacial score (nSPS) is 10.6. The highest BCUT2D eigenvalue weighted by Gasteiger charge is 2.12. The van der Waals surface area contributed by atoms with E-state index in [2.05, 4.69) is 41.6 Å². The van der Waals surface area contributed by atoms with E-state index in [0.717, 1.165) is 21.5 Å². The Morgan fingerprint density at radius 2 is 2.00 bits per heavy atom. The molecule has 0 spiro atoms. The molecule has 0 aliphatic heterocycles. The van der Waals surface area contributed by atoms with Crippen molar-refractivity contribution >= 4 is 39.0 Å². The number of nitrogens with zero attached hydrogens (tertiary/aromatic N) is 4. The van der Waals surface area contributed by atoms with Crippen LogP contribution in [0.15, 0.2) is 35.1 Å². The minimum atomic E-state index is -0.176. The number of carbonyl (C=O) groups excluding carboxylic acids is 1. The van der Waals surface area contributed by atoms with E-state index in [1.165, 1.54) is 13.3 Å². The molecule has 0 radical (unpaired) electrons. The van der Waals surface area contributed by atoms with Crippen LogP contribution in [0.1, 0.15) is 18.3 Å². The van der Waals surface area contributed by atoms with Gasteiger partial charge in [0.25, 0.3) is 0 Å². The summed E-state index contributed by atoms with van der Waals surface area (Å²) in [5, 5.41) is 10.4. The number of hydrogen-bond donors (Lipinski definition) is 2. The molecule has 0 aliphatic carbocycles. The number of aromatic nitrogens is 4. The molecule has 8 nitrogen and oxygen atoms in total. The zero-order chi connectivity index (χ0) is 19.6. The first-order valence-corrected chi connectivity index (χ1v) is 8.95. The molecule has 27 heavy (non-hydrogen) atoms. The SMILES string of the molecule is COc1ccc(Nc2cc(-n3nc(C)c(Br)c3C)ncn2)cc1NC(C)=O. The van der Waals surface area contributed by atoms with Crippen LogP contribution in [0.3, 0.4) is 0 Å². The molecule has 3 aromatic rings. The number of nitrogens with one attached hydrogen (secondary N) is 2. The summed E-state index contributed by atoms with van der Waals surface area (Å²) in [5.74, 6) is 1.65. The number of rotatable bonds is 5. The topological polar surface area (TPSA) is 94.0 Å². The van der Waals surface area contributed by atoms with Gasteiger partial charge in [-0.25, -0.2) is 14.6 Å². The molecule has 0 bridgehead atoms. The molecule has 2 aromatic heterocycles. The van der Waals surface area contributed by atoms with Gasteiger partial charge in [-0.15, -0.1) is 0 Å². The molecule has 0 atom stereocenters. The highest BCUT2D eigenvalue weighted by Crippen LogP contribution is 2.29. The minimum Gasteiger partial charge on any atom is -0.495 e. The smallest absolute Gasteiger partial charge is 0.221 e. The number of halogens is 1. The molecule has 1 aromatic carbocycles. The number of benzene rings is 1. The third-order valence-electron chi connectivity index (χ3n) is 3.86. The quantitative estimate of drug-likeness (QED) is 0.639. The number of hydrogen-bond acceptors (Lipinski definition) is 6. The van der Waals surface area contributed by atoms with Gasteiger partial charge < -0.3 is 15.4 Å². The molecule has 0 unspecified atom stereocenters. The van der Waals surface area contributed by atoms with Gasteiger partial charge in [0.05, 0.1) is 28.7 Å². The van der Waals surface area contributed by atoms with Crippen LogP contribution in [0.4, 0.5) is 17.2 Å². The Balaban J connectivity index is 1.90. The van der Waals surface area contributed by atoms with Crippen LogP contribution in [0.25, 0.3) is 5.82 Å². The van der Waals surface area contributed by atoms with E-state index in [9.17, 15) is 4.79 Å². The van der Waals surface area contributed by atoms with Crippen LogP contribution in [-0.2, 0) is 4.79 Å². The largest absolute Gasteiger partial charge is 0.495 e. The van der Waals surface area contributed by atoms with Gasteiger partial charge in [0, 0.05) is 18.7 Å². The Morgan fingerprint density at radius 3 is 2.63 bits per heavy atom. The summed E-state index contributed by atoms with van der Waals surface area (Å²) >= 11 is 3.52. The lowest BCUT2D eigenvalue weighted by atomic mass is 10.2. The van der Waals surface area contributed by atoms with Crippen molar-refractivity contribution in [3.05, 3.63) is 46.5 Å². The highest BCUT2D eigenvalue weighted by molar-refractivity contribution is 9.10. The van der Waals surface area contributed by atoms with Crippen molar-refractivity contribution < 1.29 is 9.53 Å². The first-order valence-electron chi connectivity index (χ1n) is 8.16. The van der Waals surface area contributed by atoms with E-state index in [-0.39, 0.29) is 5.91 Å². The third kappa shape index (κ3) is 4.08. The van der Waals surface area contributed by atoms with Crippen LogP contribution in [0, 0.1) is 13.8 Å². The Hall–Kier alpha value is -2.94. The van der Waals surface area contributed by atoms with Crippen molar-refractivity contribution in [2.45, 2.75) is 20.8 Å². The Bertz CT molecular complexity index is 1000. The monoisotopic (exact) mass is 430 g/mol. The fourth-order valence-corrected chi connectivity index (χ4v) is 2.85. The predicted octanol–water partition coefficient (Wildman–Crippen LogP) is 3.75. The van der Waals surface area contributed by atoms with Crippen molar-refractivity contribution in [2.75, 3.05) is 17.7 Å². The van der Waals surface area contributed by atoms with E-state index in [4.69, 9.17) is 4.74 Å². The summed E-state index contributed by atoms with van der Waals surface area (Å²) in [6.07, 6.45) is 1.47. The summed E-state index contributed by atoms with van der Waals surface area (Å²) in [6.45, 7) is 5.33. The van der Waals surface area contributed by atoms with Gasteiger partial charge in [0.15, 0.2) is 5.82 Å². The van der Waals surface area contributed by atoms with Crippen molar-refractivity contribution in [2.24, 2.45) is 0 Å². The zero-order valence-corrected chi connectivity index (χ0v) is 17.0. The molecule has 3 rings (SSSR count). The third-order valence-corrected chi connectivity index (χ3v) is 5.00. The van der Waals surface area contributed by atoms with Crippen LogP contribution in [0.2, 0.25) is 0 Å². The van der Waals surface area contributed by atoms with Crippen molar-refractivity contribution in [1.29, 1.82) is 0 Å². The lowest BCUT2D eigenvalue weighted by Crippen LogP contribution is -2.08. The highest BCUT2D eigenvalue weighted by atomic mass is 79.9. The number of ether oxygens (including phenoxy) is 1. The maximum Gasteiger partial charge on any atom is 0.221 e. The second-order valence-corrected chi connectivity index (χ2v) is 6.67. The van der Waals surface area contributed by atoms with Crippen LogP contribution >= 0.6 is 15.9 Å². The maximum atomic E-state index is 11.4. The lowest BCUT2D eigenvalue weighted by Gasteiger charge is -2.12. The number of aryl methyl sites for hydroxylation is 1. The van der Waals surface area contributed by atoms with Gasteiger partial charge in [0.2, 0.25) is 5.91 Å². The van der Waals surface area contributed by atoms with E-state index < -0.39 is 0 Å². The van der Waals surface area contributed by atoms with Gasteiger partial charge in [-0.1, -0.05) is 0 Å². The standard InChI is InChI=1S/C18H19BrN6O2/c1-10-18(19)11(2)25(24-10)17-8-16(20-9-21-17)23-13-5-6-15(27-4)14(7-13)22-12(3)26/h5-9H,1-4H3,(H,22,26)(H,20,21,23). The van der Waals surface area contributed by atoms with Crippen LogP contribution < -0.4 is 15.4 Å². The number of carbonyl (C=O) groups is 1. The Morgan fingerprint density at radius 1 is 1.22 bits per heavy atom. The molecule has 0 saturated carbocycles. The van der Waals surface area contributed by atoms with Gasteiger partial charge in [0.1, 0.15) is 17.9 Å². The number of anilines is 3. The average molecular weight is 431 g/mol. The zero-order valence-electron chi connectivity index (χ0n) is 15.4. The van der Waals surface area contributed by atoms with Gasteiger partial charge in [-0.2, -0.15) is 5.10 Å². The molecular formula is C18H19BrN6O2. The fraction of sp³-hybridized carbons (Fsp3) is 0.222. The summed E-state index contributed by atoms with van der Waals surface area (Å²) in [5.41, 5.74) is 3.16. The summed E-state index contributed by atoms with van der Waals surface area (Å²) in [4.78, 5) is 20.0. The fourth-order valence-electron chi connectivity index (χ4n) is 2.60. The predicted molar refractivity (Wildman–Crippen MR) is 107 cm³/mol. The molecule has 0 fully saturated rings. The molecule has 1 amide bonds. The average Bonchev–Trinajstić information content (AvgIpc) is 2.89. The van der Waals surface area contributed by atoms with Crippen molar-refractivity contribution in [1.82, 2.24) is 19.7 Å². The summed E-state index contributed by atoms with van der Waals surface area (Å²) in [7, 11) is 1.55. The van der Waals surface area contributed by atoms with E-state index in [1.807, 2.05) is 19.9 Å². The lowest BCUT2D eigenvalue weighted by molar-refractivity contribution is -0.114. The molecule has 9 heteroatoms. The van der Waals surface area contributed by atoms with Gasteiger partial charge >= 0.3 is 0 Å². The first kappa shape index (κ1) is 18.8. The molecule has 140 valence electrons. The second-order valence-electron chi connectivity index (χ2n) is 5.88. The summed E-state index contributed by atoms with van der Waals surface area (Å²) < 4.78 is 7.97. The number of methoxy groups -OCH3 is 1. The van der Waals surface area contributed by atoms with Crippen LogP contribution in [-0.4, -0.2) is 32.8 Å². The van der Waals surface area contributed by atoms with Gasteiger partial charge in [-0.05, 0) is 48.0 Å². The van der Waals surface area contributed by atoms with E-state index >= 15 is 0 Å². The second kappa shape index (κ2) is 7.75. The molecule has 2 N–H and O–H groups in total. The van der Waals surface area contributed by atoms with E-state index in [1.54, 1.807) is 30.0 Å². The molecule has 0 saturated heterocycles. The first-order chi connectivity index (χ1) is 12.9. The van der Waals surface area contributed by atoms with Crippen molar-refractivity contribution in [3.63, 3.8) is 0 Å². The minimum absolute atomic E-state index is 0.176. The van der Waals surface area contributed by atoms with Crippen LogP contribution in [0.5, 0.6) is 5.75 Å². The van der Waals surface area contributed by atoms with E-state index in [0.29, 0.717) is 23.1 Å². The molecule has 2 heterocycles. The Labute approximate surface area is 165 Å².